The van der Waals surface area contributed by atoms with Crippen molar-refractivity contribution in [1.82, 2.24) is 0 Å². The zero-order valence-electron chi connectivity index (χ0n) is 14.7. The first-order valence-electron chi connectivity index (χ1n) is 8.10. The monoisotopic (exact) mass is 346 g/mol. The highest BCUT2D eigenvalue weighted by Crippen LogP contribution is 2.35. The van der Waals surface area contributed by atoms with E-state index < -0.39 is 47.7 Å². The molecule has 0 aromatic heterocycles. The van der Waals surface area contributed by atoms with Crippen molar-refractivity contribution >= 4 is 11.8 Å². The van der Waals surface area contributed by atoms with Gasteiger partial charge in [-0.1, -0.05) is 0 Å². The summed E-state index contributed by atoms with van der Waals surface area (Å²) in [5.74, 6) is -3.41. The Morgan fingerprint density at radius 3 is 2.38 bits per heavy atom. The minimum atomic E-state index is -1.06. The normalized spacial score (nSPS) is 32.5. The van der Waals surface area contributed by atoms with Gasteiger partial charge in [-0.3, -0.25) is 4.79 Å². The standard InChI is InChI=1S/C16H26O8/c1-6-20-14(19)9(17)7-10-13(24-16(4,5)22-10)12(18)11-8-21-15(2,3)23-11/h10-13,18H,6-8H2,1-5H3/t10-,11-,12-,13-/m1/s1. The van der Waals surface area contributed by atoms with Crippen molar-refractivity contribution in [3.63, 3.8) is 0 Å². The Morgan fingerprint density at radius 2 is 1.83 bits per heavy atom. The van der Waals surface area contributed by atoms with E-state index in [9.17, 15) is 14.7 Å². The van der Waals surface area contributed by atoms with Crippen molar-refractivity contribution in [3.05, 3.63) is 0 Å². The van der Waals surface area contributed by atoms with Crippen LogP contribution in [0.2, 0.25) is 0 Å². The molecule has 1 N–H and O–H groups in total. The topological polar surface area (TPSA) is 101 Å². The fourth-order valence-electron chi connectivity index (χ4n) is 2.88. The lowest BCUT2D eigenvalue weighted by Crippen LogP contribution is -2.45. The molecule has 0 aliphatic carbocycles. The summed E-state index contributed by atoms with van der Waals surface area (Å²) in [5.41, 5.74) is 0. The van der Waals surface area contributed by atoms with Crippen LogP contribution in [0.3, 0.4) is 0 Å². The number of ketones is 1. The van der Waals surface area contributed by atoms with Crippen LogP contribution in [0.25, 0.3) is 0 Å². The molecule has 0 unspecified atom stereocenters. The highest BCUT2D eigenvalue weighted by molar-refractivity contribution is 6.33. The molecule has 24 heavy (non-hydrogen) atoms. The van der Waals surface area contributed by atoms with Gasteiger partial charge in [-0.25, -0.2) is 4.79 Å². The third kappa shape index (κ3) is 4.52. The summed E-state index contributed by atoms with van der Waals surface area (Å²) in [6.45, 7) is 8.79. The maximum atomic E-state index is 11.9. The Bertz CT molecular complexity index is 486. The van der Waals surface area contributed by atoms with E-state index in [1.807, 2.05) is 0 Å². The lowest BCUT2D eigenvalue weighted by atomic mass is 9.99. The van der Waals surface area contributed by atoms with E-state index in [1.165, 1.54) is 0 Å². The van der Waals surface area contributed by atoms with E-state index in [2.05, 4.69) is 0 Å². The second-order valence-corrected chi connectivity index (χ2v) is 6.84. The number of ether oxygens (including phenoxy) is 5. The molecule has 2 aliphatic heterocycles. The van der Waals surface area contributed by atoms with Gasteiger partial charge in [0.15, 0.2) is 11.6 Å². The van der Waals surface area contributed by atoms with E-state index in [4.69, 9.17) is 23.7 Å². The summed E-state index contributed by atoms with van der Waals surface area (Å²) in [6.07, 6.45) is -3.50. The van der Waals surface area contributed by atoms with Crippen molar-refractivity contribution < 1.29 is 38.4 Å². The van der Waals surface area contributed by atoms with Crippen LogP contribution in [0.5, 0.6) is 0 Å². The molecule has 2 fully saturated rings. The number of hydrogen-bond donors (Lipinski definition) is 1. The summed E-state index contributed by atoms with van der Waals surface area (Å²) >= 11 is 0. The smallest absolute Gasteiger partial charge is 0.374 e. The highest BCUT2D eigenvalue weighted by atomic mass is 16.8. The Balaban J connectivity index is 2.05. The molecule has 0 saturated carbocycles. The Labute approximate surface area is 141 Å². The molecule has 2 rings (SSSR count). The summed E-state index contributed by atoms with van der Waals surface area (Å²) in [4.78, 5) is 23.5. The fraction of sp³-hybridized carbons (Fsp3) is 0.875. The van der Waals surface area contributed by atoms with E-state index in [1.54, 1.807) is 34.6 Å². The first kappa shape index (κ1) is 19.3. The summed E-state index contributed by atoms with van der Waals surface area (Å²) in [6, 6.07) is 0. The number of esters is 1. The molecule has 0 radical (unpaired) electrons. The average Bonchev–Trinajstić information content (AvgIpc) is 2.97. The summed E-state index contributed by atoms with van der Waals surface area (Å²) in [7, 11) is 0. The van der Waals surface area contributed by atoms with E-state index in [-0.39, 0.29) is 19.6 Å². The van der Waals surface area contributed by atoms with Crippen molar-refractivity contribution in [3.8, 4) is 0 Å². The van der Waals surface area contributed by atoms with Gasteiger partial charge < -0.3 is 28.8 Å². The van der Waals surface area contributed by atoms with Crippen molar-refractivity contribution in [2.75, 3.05) is 13.2 Å². The summed E-state index contributed by atoms with van der Waals surface area (Å²) < 4.78 is 27.2. The van der Waals surface area contributed by atoms with Gasteiger partial charge in [0.1, 0.15) is 18.3 Å². The third-order valence-electron chi connectivity index (χ3n) is 3.86. The molecule has 4 atom stereocenters. The molecule has 0 bridgehead atoms. The van der Waals surface area contributed by atoms with Crippen LogP contribution in [0.4, 0.5) is 0 Å². The van der Waals surface area contributed by atoms with Gasteiger partial charge in [-0.2, -0.15) is 0 Å². The number of carbonyl (C=O) groups is 2. The van der Waals surface area contributed by atoms with Crippen LogP contribution in [0.15, 0.2) is 0 Å². The predicted octanol–water partition coefficient (Wildman–Crippen LogP) is 0.541. The molecule has 2 heterocycles. The van der Waals surface area contributed by atoms with Gasteiger partial charge in [-0.15, -0.1) is 0 Å². The van der Waals surface area contributed by atoms with E-state index >= 15 is 0 Å². The SMILES string of the molecule is CCOC(=O)C(=O)C[C@H]1OC(C)(C)O[C@H]1[C@H](O)[C@H]1COC(C)(C)O1. The highest BCUT2D eigenvalue weighted by Gasteiger charge is 2.50. The Hall–Kier alpha value is -1.06. The second kappa shape index (κ2) is 7.05. The first-order chi connectivity index (χ1) is 11.0. The van der Waals surface area contributed by atoms with Gasteiger partial charge in [0, 0.05) is 6.42 Å². The molecule has 2 saturated heterocycles. The van der Waals surface area contributed by atoms with Gasteiger partial charge in [0.05, 0.1) is 19.3 Å². The van der Waals surface area contributed by atoms with E-state index in [0.29, 0.717) is 0 Å². The van der Waals surface area contributed by atoms with Crippen molar-refractivity contribution in [2.45, 2.75) is 77.0 Å². The fourth-order valence-corrected chi connectivity index (χ4v) is 2.88. The van der Waals surface area contributed by atoms with Crippen LogP contribution in [0, 0.1) is 0 Å². The van der Waals surface area contributed by atoms with Gasteiger partial charge >= 0.3 is 5.97 Å². The lowest BCUT2D eigenvalue weighted by Gasteiger charge is -2.26. The molecular weight excluding hydrogens is 320 g/mol. The number of Topliss-reactive ketones (excluding diaryl/α,β-unsaturated/α-hetero) is 1. The number of aliphatic hydroxyl groups excluding tert-OH is 1. The van der Waals surface area contributed by atoms with Crippen molar-refractivity contribution in [1.29, 1.82) is 0 Å². The van der Waals surface area contributed by atoms with Crippen LogP contribution in [-0.2, 0) is 33.3 Å². The van der Waals surface area contributed by atoms with Gasteiger partial charge in [-0.05, 0) is 34.6 Å². The second-order valence-electron chi connectivity index (χ2n) is 6.84. The molecule has 138 valence electrons. The van der Waals surface area contributed by atoms with Crippen LogP contribution < -0.4 is 0 Å². The quantitative estimate of drug-likeness (QED) is 0.549. The molecule has 2 aliphatic rings. The molecule has 0 aromatic carbocycles. The summed E-state index contributed by atoms with van der Waals surface area (Å²) in [5, 5.41) is 10.6. The third-order valence-corrected chi connectivity index (χ3v) is 3.86. The number of carbonyl (C=O) groups excluding carboxylic acids is 2. The lowest BCUT2D eigenvalue weighted by molar-refractivity contribution is -0.178. The minimum absolute atomic E-state index is 0.118. The van der Waals surface area contributed by atoms with Crippen LogP contribution in [-0.4, -0.2) is 66.1 Å². The van der Waals surface area contributed by atoms with Crippen LogP contribution >= 0.6 is 0 Å². The maximum Gasteiger partial charge on any atom is 0.374 e. The zero-order valence-corrected chi connectivity index (χ0v) is 14.7. The largest absolute Gasteiger partial charge is 0.460 e. The van der Waals surface area contributed by atoms with E-state index in [0.717, 1.165) is 0 Å². The number of aliphatic hydroxyl groups is 1. The molecule has 8 heteroatoms. The molecule has 0 spiro atoms. The van der Waals surface area contributed by atoms with Gasteiger partial charge in [0.25, 0.3) is 0 Å². The molecule has 0 aromatic rings. The number of hydrogen-bond acceptors (Lipinski definition) is 8. The molecular formula is C16H26O8. The maximum absolute atomic E-state index is 11.9. The van der Waals surface area contributed by atoms with Crippen molar-refractivity contribution in [2.24, 2.45) is 0 Å². The Morgan fingerprint density at radius 1 is 1.17 bits per heavy atom. The van der Waals surface area contributed by atoms with Crippen LogP contribution in [0.1, 0.15) is 41.0 Å². The molecule has 0 amide bonds. The average molecular weight is 346 g/mol. The molecule has 8 nitrogen and oxygen atoms in total. The zero-order chi connectivity index (χ0) is 18.1. The predicted molar refractivity (Wildman–Crippen MR) is 81.0 cm³/mol. The number of rotatable bonds is 6. The Kier molecular flexibility index (Phi) is 5.66. The first-order valence-corrected chi connectivity index (χ1v) is 8.10. The minimum Gasteiger partial charge on any atom is -0.460 e. The van der Waals surface area contributed by atoms with Gasteiger partial charge in [0.2, 0.25) is 5.78 Å².